The summed E-state index contributed by atoms with van der Waals surface area (Å²) in [6.07, 6.45) is 0. The van der Waals surface area contributed by atoms with Crippen LogP contribution in [0.5, 0.6) is 0 Å². The van der Waals surface area contributed by atoms with Gasteiger partial charge in [-0.3, -0.25) is 0 Å². The molecule has 0 atom stereocenters. The molecule has 2 heteroatoms. The Hall–Kier alpha value is -0.730. The zero-order chi connectivity index (χ0) is 11.7. The van der Waals surface area contributed by atoms with Crippen molar-refractivity contribution in [1.82, 2.24) is 0 Å². The van der Waals surface area contributed by atoms with E-state index < -0.39 is 0 Å². The Balaban J connectivity index is 0.000000921. The van der Waals surface area contributed by atoms with Gasteiger partial charge in [-0.05, 0) is 29.0 Å². The molecule has 15 heavy (non-hydrogen) atoms. The van der Waals surface area contributed by atoms with Crippen molar-refractivity contribution >= 4 is 17.3 Å². The van der Waals surface area contributed by atoms with Crippen LogP contribution in [0.2, 0.25) is 0 Å². The quantitative estimate of drug-likeness (QED) is 0.784. The third-order valence-electron chi connectivity index (χ3n) is 1.76. The van der Waals surface area contributed by atoms with Crippen molar-refractivity contribution in [3.8, 4) is 0 Å². The minimum Gasteiger partial charge on any atom is -0.392 e. The second kappa shape index (κ2) is 8.57. The van der Waals surface area contributed by atoms with E-state index in [0.29, 0.717) is 0 Å². The van der Waals surface area contributed by atoms with E-state index in [2.05, 4.69) is 25.6 Å². The maximum atomic E-state index is 8.86. The van der Waals surface area contributed by atoms with Gasteiger partial charge in [0.2, 0.25) is 0 Å². The zero-order valence-electron chi connectivity index (χ0n) is 9.79. The Morgan fingerprint density at radius 3 is 2.20 bits per heavy atom. The number of aliphatic hydroxyl groups is 1. The number of thioether (sulfide) groups is 1. The van der Waals surface area contributed by atoms with Crippen molar-refractivity contribution in [3.63, 3.8) is 0 Å². The van der Waals surface area contributed by atoms with Crippen LogP contribution in [0.1, 0.15) is 26.3 Å². The molecule has 84 valence electrons. The molecule has 0 aliphatic carbocycles. The lowest BCUT2D eigenvalue weighted by atomic mass is 10.1. The molecule has 0 aliphatic rings. The second-order valence-corrected chi connectivity index (χ2v) is 4.06. The second-order valence-electron chi connectivity index (χ2n) is 2.72. The number of hydrogen-bond acceptors (Lipinski definition) is 2. The maximum Gasteiger partial charge on any atom is 0.0681 e. The van der Waals surface area contributed by atoms with Gasteiger partial charge < -0.3 is 5.11 Å². The Morgan fingerprint density at radius 2 is 1.80 bits per heavy atom. The van der Waals surface area contributed by atoms with Gasteiger partial charge in [0.1, 0.15) is 0 Å². The minimum atomic E-state index is 0.0280. The largest absolute Gasteiger partial charge is 0.392 e. The van der Waals surface area contributed by atoms with E-state index in [1.54, 1.807) is 0 Å². The molecule has 0 fully saturated rings. The molecule has 1 rings (SSSR count). The van der Waals surface area contributed by atoms with Gasteiger partial charge in [-0.2, -0.15) is 0 Å². The predicted molar refractivity (Wildman–Crippen MR) is 70.3 cm³/mol. The SMILES string of the molecule is C=C(CO)c1ccc(SCC)cc1.CC. The Morgan fingerprint density at radius 1 is 1.27 bits per heavy atom. The number of aliphatic hydroxyl groups excluding tert-OH is 1. The lowest BCUT2D eigenvalue weighted by Crippen LogP contribution is -1.87. The molecule has 0 bridgehead atoms. The van der Waals surface area contributed by atoms with Gasteiger partial charge in [0.25, 0.3) is 0 Å². The first-order valence-electron chi connectivity index (χ1n) is 5.29. The summed E-state index contributed by atoms with van der Waals surface area (Å²) in [4.78, 5) is 1.26. The highest BCUT2D eigenvalue weighted by molar-refractivity contribution is 7.99. The monoisotopic (exact) mass is 224 g/mol. The fourth-order valence-corrected chi connectivity index (χ4v) is 1.71. The molecule has 0 saturated heterocycles. The molecule has 0 aromatic heterocycles. The van der Waals surface area contributed by atoms with Gasteiger partial charge in [0, 0.05) is 4.90 Å². The Labute approximate surface area is 97.2 Å². The molecular weight excluding hydrogens is 204 g/mol. The summed E-state index contributed by atoms with van der Waals surface area (Å²) in [5, 5.41) is 8.86. The van der Waals surface area contributed by atoms with E-state index in [1.807, 2.05) is 37.7 Å². The molecule has 1 aromatic carbocycles. The van der Waals surface area contributed by atoms with Crippen LogP contribution in [-0.2, 0) is 0 Å². The third-order valence-corrected chi connectivity index (χ3v) is 2.66. The average molecular weight is 224 g/mol. The van der Waals surface area contributed by atoms with E-state index in [-0.39, 0.29) is 6.61 Å². The van der Waals surface area contributed by atoms with Gasteiger partial charge >= 0.3 is 0 Å². The van der Waals surface area contributed by atoms with Gasteiger partial charge in [0.05, 0.1) is 6.61 Å². The first-order valence-corrected chi connectivity index (χ1v) is 6.28. The average Bonchev–Trinajstić information content (AvgIpc) is 2.32. The summed E-state index contributed by atoms with van der Waals surface area (Å²) < 4.78 is 0. The molecule has 1 N–H and O–H groups in total. The van der Waals surface area contributed by atoms with E-state index in [0.717, 1.165) is 16.9 Å². The molecule has 0 radical (unpaired) electrons. The molecule has 1 nitrogen and oxygen atoms in total. The highest BCUT2D eigenvalue weighted by Crippen LogP contribution is 2.20. The standard InChI is InChI=1S/C11H14OS.C2H6/c1-3-13-11-6-4-10(5-7-11)9(2)8-12;1-2/h4-7,12H,2-3,8H2,1H3;1-2H3. The summed E-state index contributed by atoms with van der Waals surface area (Å²) in [6, 6.07) is 8.11. The van der Waals surface area contributed by atoms with Crippen LogP contribution in [0.25, 0.3) is 5.57 Å². The predicted octanol–water partition coefficient (Wildman–Crippen LogP) is 3.83. The van der Waals surface area contributed by atoms with Crippen molar-refractivity contribution in [2.24, 2.45) is 0 Å². The molecule has 1 aromatic rings. The molecular formula is C13H20OS. The normalized spacial score (nSPS) is 9.07. The minimum absolute atomic E-state index is 0.0280. The van der Waals surface area contributed by atoms with Gasteiger partial charge in [0.15, 0.2) is 0 Å². The van der Waals surface area contributed by atoms with Crippen LogP contribution < -0.4 is 0 Å². The van der Waals surface area contributed by atoms with Crippen LogP contribution in [-0.4, -0.2) is 17.5 Å². The lowest BCUT2D eigenvalue weighted by molar-refractivity contribution is 0.350. The van der Waals surface area contributed by atoms with E-state index in [1.165, 1.54) is 4.90 Å². The van der Waals surface area contributed by atoms with Crippen LogP contribution >= 0.6 is 11.8 Å². The van der Waals surface area contributed by atoms with Gasteiger partial charge in [-0.25, -0.2) is 0 Å². The Kier molecular flexibility index (Phi) is 8.15. The Bertz CT molecular complexity index is 277. The van der Waals surface area contributed by atoms with Crippen LogP contribution in [0.3, 0.4) is 0 Å². The lowest BCUT2D eigenvalue weighted by Gasteiger charge is -2.03. The molecule has 0 unspecified atom stereocenters. The highest BCUT2D eigenvalue weighted by Gasteiger charge is 1.97. The fourth-order valence-electron chi connectivity index (χ4n) is 1.04. The van der Waals surface area contributed by atoms with Crippen molar-refractivity contribution < 1.29 is 5.11 Å². The van der Waals surface area contributed by atoms with Crippen molar-refractivity contribution in [2.45, 2.75) is 25.7 Å². The van der Waals surface area contributed by atoms with Gasteiger partial charge in [-0.15, -0.1) is 11.8 Å². The van der Waals surface area contributed by atoms with Crippen LogP contribution in [0, 0.1) is 0 Å². The molecule has 0 amide bonds. The fraction of sp³-hybridized carbons (Fsp3) is 0.385. The van der Waals surface area contributed by atoms with Crippen molar-refractivity contribution in [3.05, 3.63) is 36.4 Å². The number of benzene rings is 1. The molecule has 0 aliphatic heterocycles. The summed E-state index contributed by atoms with van der Waals surface area (Å²) in [6.45, 7) is 9.92. The van der Waals surface area contributed by atoms with Crippen molar-refractivity contribution in [1.29, 1.82) is 0 Å². The van der Waals surface area contributed by atoms with E-state index in [9.17, 15) is 0 Å². The smallest absolute Gasteiger partial charge is 0.0681 e. The van der Waals surface area contributed by atoms with E-state index >= 15 is 0 Å². The maximum absolute atomic E-state index is 8.86. The zero-order valence-corrected chi connectivity index (χ0v) is 10.6. The summed E-state index contributed by atoms with van der Waals surface area (Å²) in [5.74, 6) is 1.08. The van der Waals surface area contributed by atoms with Gasteiger partial charge in [-0.1, -0.05) is 39.5 Å². The molecule has 0 heterocycles. The van der Waals surface area contributed by atoms with Crippen LogP contribution in [0.15, 0.2) is 35.7 Å². The highest BCUT2D eigenvalue weighted by atomic mass is 32.2. The third kappa shape index (κ3) is 5.05. The first kappa shape index (κ1) is 14.3. The van der Waals surface area contributed by atoms with Crippen LogP contribution in [0.4, 0.5) is 0 Å². The van der Waals surface area contributed by atoms with Crippen molar-refractivity contribution in [2.75, 3.05) is 12.4 Å². The number of rotatable bonds is 4. The topological polar surface area (TPSA) is 20.2 Å². The summed E-state index contributed by atoms with van der Waals surface area (Å²) in [7, 11) is 0. The molecule has 0 saturated carbocycles. The summed E-state index contributed by atoms with van der Waals surface area (Å²) in [5.41, 5.74) is 1.79. The number of hydrogen-bond donors (Lipinski definition) is 1. The molecule has 0 spiro atoms. The first-order chi connectivity index (χ1) is 7.27. The van der Waals surface area contributed by atoms with E-state index in [4.69, 9.17) is 5.11 Å². The summed E-state index contributed by atoms with van der Waals surface area (Å²) >= 11 is 1.81.